The molecule has 0 spiro atoms. The first kappa shape index (κ1) is 102. The summed E-state index contributed by atoms with van der Waals surface area (Å²) in [6.45, 7) is 5.01. The molecule has 0 saturated heterocycles. The van der Waals surface area contributed by atoms with Crippen molar-refractivity contribution >= 4 is 39.5 Å². The van der Waals surface area contributed by atoms with E-state index < -0.39 is 97.5 Å². The zero-order chi connectivity index (χ0) is 76.0. The van der Waals surface area contributed by atoms with Gasteiger partial charge in [0.2, 0.25) is 0 Å². The van der Waals surface area contributed by atoms with Gasteiger partial charge < -0.3 is 33.8 Å². The van der Waals surface area contributed by atoms with Gasteiger partial charge in [-0.05, 0) is 25.7 Å². The third-order valence-corrected chi connectivity index (χ3v) is 22.0. The number of rotatable bonds is 86. The minimum atomic E-state index is -4.96. The van der Waals surface area contributed by atoms with E-state index in [-0.39, 0.29) is 25.7 Å². The normalized spacial score (nSPS) is 13.7. The summed E-state index contributed by atoms with van der Waals surface area (Å²) in [4.78, 5) is 73.0. The number of carbonyl (C=O) groups is 4. The SMILES string of the molecule is CCCCCCCCCCCCCCCCCCCCCCC(=O)O[C@H](COC(=O)CCCCCCCCCCCCCCCCCCCCC)COP(=O)(O)OC[C@@H](O)COP(=O)(O)OC[C@@H](COC(=O)CCCCCCCCC)OC(=O)CCCCCCCCCCCCCCCCCCCC. The summed E-state index contributed by atoms with van der Waals surface area (Å²) in [5, 5.41) is 10.7. The van der Waals surface area contributed by atoms with Gasteiger partial charge in [0.05, 0.1) is 26.4 Å². The van der Waals surface area contributed by atoms with Crippen molar-refractivity contribution in [1.82, 2.24) is 0 Å². The Kier molecular flexibility index (Phi) is 77.7. The Bertz CT molecular complexity index is 1960. The summed E-state index contributed by atoms with van der Waals surface area (Å²) < 4.78 is 68.7. The van der Waals surface area contributed by atoms with Crippen LogP contribution < -0.4 is 0 Å². The number of hydrogen-bond donors (Lipinski definition) is 3. The first-order chi connectivity index (χ1) is 50.7. The van der Waals surface area contributed by atoms with Crippen molar-refractivity contribution in [2.24, 2.45) is 0 Å². The molecule has 104 heavy (non-hydrogen) atoms. The fourth-order valence-electron chi connectivity index (χ4n) is 13.3. The van der Waals surface area contributed by atoms with E-state index in [1.165, 1.54) is 283 Å². The van der Waals surface area contributed by atoms with Crippen molar-refractivity contribution in [3.63, 3.8) is 0 Å². The predicted molar refractivity (Wildman–Crippen MR) is 428 cm³/mol. The number of unbranched alkanes of at least 4 members (excludes halogenated alkanes) is 60. The second kappa shape index (κ2) is 79.2. The van der Waals surface area contributed by atoms with E-state index in [1.54, 1.807) is 0 Å². The van der Waals surface area contributed by atoms with Gasteiger partial charge in [-0.2, -0.15) is 0 Å². The molecule has 2 unspecified atom stereocenters. The first-order valence-corrected chi connectivity index (χ1v) is 47.3. The molecular formula is C85H166O17P2. The van der Waals surface area contributed by atoms with E-state index in [0.717, 1.165) is 103 Å². The third-order valence-electron chi connectivity index (χ3n) is 20.1. The van der Waals surface area contributed by atoms with Crippen molar-refractivity contribution in [3.8, 4) is 0 Å². The molecule has 0 rings (SSSR count). The van der Waals surface area contributed by atoms with Gasteiger partial charge in [-0.25, -0.2) is 9.13 Å². The molecule has 0 saturated carbocycles. The summed E-state index contributed by atoms with van der Waals surface area (Å²) in [6.07, 6.45) is 73.9. The average molecular weight is 1520 g/mol. The van der Waals surface area contributed by atoms with Gasteiger partial charge in [0.25, 0.3) is 0 Å². The van der Waals surface area contributed by atoms with Crippen molar-refractivity contribution in [1.29, 1.82) is 0 Å². The predicted octanol–water partition coefficient (Wildman–Crippen LogP) is 26.1. The maximum absolute atomic E-state index is 13.1. The Morgan fingerprint density at radius 3 is 0.567 bits per heavy atom. The number of aliphatic hydroxyl groups excluding tert-OH is 1. The summed E-state index contributed by atoms with van der Waals surface area (Å²) in [7, 11) is -9.92. The summed E-state index contributed by atoms with van der Waals surface area (Å²) in [5.74, 6) is -2.10. The highest BCUT2D eigenvalue weighted by molar-refractivity contribution is 7.47. The van der Waals surface area contributed by atoms with Gasteiger partial charge in [-0.15, -0.1) is 0 Å². The maximum atomic E-state index is 13.1. The van der Waals surface area contributed by atoms with Crippen LogP contribution in [0.15, 0.2) is 0 Å². The van der Waals surface area contributed by atoms with E-state index in [9.17, 15) is 43.2 Å². The number of aliphatic hydroxyl groups is 1. The molecule has 0 heterocycles. The highest BCUT2D eigenvalue weighted by atomic mass is 31.2. The van der Waals surface area contributed by atoms with E-state index in [0.29, 0.717) is 25.7 Å². The molecule has 5 atom stereocenters. The number of ether oxygens (including phenoxy) is 4. The number of carbonyl (C=O) groups excluding carboxylic acids is 4. The monoisotopic (exact) mass is 1520 g/mol. The Hall–Kier alpha value is -1.94. The molecular weight excluding hydrogens is 1350 g/mol. The van der Waals surface area contributed by atoms with Gasteiger partial charge in [0.15, 0.2) is 12.2 Å². The van der Waals surface area contributed by atoms with Crippen LogP contribution in [0.4, 0.5) is 0 Å². The molecule has 0 aromatic rings. The molecule has 17 nitrogen and oxygen atoms in total. The minimum Gasteiger partial charge on any atom is -0.462 e. The van der Waals surface area contributed by atoms with E-state index in [4.69, 9.17) is 37.0 Å². The zero-order valence-electron chi connectivity index (χ0n) is 68.0. The lowest BCUT2D eigenvalue weighted by Crippen LogP contribution is -2.30. The molecule has 19 heteroatoms. The van der Waals surface area contributed by atoms with Crippen molar-refractivity contribution in [3.05, 3.63) is 0 Å². The molecule has 3 N–H and O–H groups in total. The summed E-state index contributed by atoms with van der Waals surface area (Å²) in [5.41, 5.74) is 0. The smallest absolute Gasteiger partial charge is 0.462 e. The van der Waals surface area contributed by atoms with Crippen LogP contribution in [0.3, 0.4) is 0 Å². The van der Waals surface area contributed by atoms with Crippen molar-refractivity contribution < 1.29 is 80.2 Å². The van der Waals surface area contributed by atoms with E-state index in [2.05, 4.69) is 27.7 Å². The topological polar surface area (TPSA) is 237 Å². The minimum absolute atomic E-state index is 0.109. The maximum Gasteiger partial charge on any atom is 0.472 e. The lowest BCUT2D eigenvalue weighted by molar-refractivity contribution is -0.161. The van der Waals surface area contributed by atoms with Crippen LogP contribution in [-0.4, -0.2) is 96.7 Å². The molecule has 0 amide bonds. The fraction of sp³-hybridized carbons (Fsp3) is 0.953. The number of esters is 4. The summed E-state index contributed by atoms with van der Waals surface area (Å²) >= 11 is 0. The van der Waals surface area contributed by atoms with Crippen LogP contribution in [0.1, 0.15) is 464 Å². The Morgan fingerprint density at radius 2 is 0.385 bits per heavy atom. The number of phosphoric acid groups is 2. The second-order valence-corrected chi connectivity index (χ2v) is 33.5. The van der Waals surface area contributed by atoms with E-state index >= 15 is 0 Å². The lowest BCUT2D eigenvalue weighted by atomic mass is 10.0. The number of hydrogen-bond acceptors (Lipinski definition) is 15. The largest absolute Gasteiger partial charge is 0.472 e. The average Bonchev–Trinajstić information content (AvgIpc) is 0.912. The quantitative estimate of drug-likeness (QED) is 0.0222. The lowest BCUT2D eigenvalue weighted by Gasteiger charge is -2.21. The molecule has 0 aliphatic heterocycles. The first-order valence-electron chi connectivity index (χ1n) is 44.3. The fourth-order valence-corrected chi connectivity index (χ4v) is 14.9. The molecule has 0 aliphatic rings. The molecule has 0 aromatic heterocycles. The highest BCUT2D eigenvalue weighted by Crippen LogP contribution is 2.45. The summed E-state index contributed by atoms with van der Waals surface area (Å²) in [6, 6.07) is 0. The van der Waals surface area contributed by atoms with Gasteiger partial charge in [0, 0.05) is 25.7 Å². The Morgan fingerprint density at radius 1 is 0.231 bits per heavy atom. The number of phosphoric ester groups is 2. The molecule has 0 radical (unpaired) electrons. The van der Waals surface area contributed by atoms with Crippen LogP contribution in [0.2, 0.25) is 0 Å². The van der Waals surface area contributed by atoms with Gasteiger partial charge in [-0.1, -0.05) is 413 Å². The zero-order valence-corrected chi connectivity index (χ0v) is 69.8. The Balaban J connectivity index is 5.16. The molecule has 618 valence electrons. The van der Waals surface area contributed by atoms with Gasteiger partial charge in [0.1, 0.15) is 19.3 Å². The van der Waals surface area contributed by atoms with Crippen LogP contribution in [-0.2, 0) is 65.4 Å². The molecule has 0 aliphatic carbocycles. The molecule has 0 fully saturated rings. The molecule has 0 aromatic carbocycles. The standard InChI is InChI=1S/C85H166O17P2/c1-5-9-13-17-21-24-27-30-33-36-39-41-44-47-50-53-56-60-64-68-72-85(90)102-81(76-96-83(88)70-66-62-58-54-51-48-45-43-40-37-34-31-28-25-22-18-14-10-6-2)78-100-104(93,94)98-74-79(86)73-97-103(91,92)99-77-80(75-95-82(87)69-65-61-57-20-16-12-8-4)101-84(89)71-67-63-59-55-52-49-46-42-38-35-32-29-26-23-19-15-11-7-3/h79-81,86H,5-78H2,1-4H3,(H,91,92)(H,93,94)/t79-,80+,81+/m0/s1. The third kappa shape index (κ3) is 78.2. The second-order valence-electron chi connectivity index (χ2n) is 30.6. The Labute approximate surface area is 638 Å². The van der Waals surface area contributed by atoms with Crippen LogP contribution in [0, 0.1) is 0 Å². The van der Waals surface area contributed by atoms with Gasteiger partial charge in [-0.3, -0.25) is 37.3 Å². The van der Waals surface area contributed by atoms with Crippen molar-refractivity contribution in [2.75, 3.05) is 39.6 Å². The molecule has 0 bridgehead atoms. The van der Waals surface area contributed by atoms with Gasteiger partial charge >= 0.3 is 39.5 Å². The van der Waals surface area contributed by atoms with Crippen molar-refractivity contribution in [2.45, 2.75) is 483 Å². The van der Waals surface area contributed by atoms with Crippen LogP contribution >= 0.6 is 15.6 Å². The van der Waals surface area contributed by atoms with E-state index in [1.807, 2.05) is 0 Å². The highest BCUT2D eigenvalue weighted by Gasteiger charge is 2.30. The van der Waals surface area contributed by atoms with Crippen LogP contribution in [0.5, 0.6) is 0 Å². The van der Waals surface area contributed by atoms with Crippen LogP contribution in [0.25, 0.3) is 0 Å².